The van der Waals surface area contributed by atoms with E-state index in [0.29, 0.717) is 0 Å². The van der Waals surface area contributed by atoms with Crippen molar-refractivity contribution in [1.82, 2.24) is 0 Å². The van der Waals surface area contributed by atoms with Crippen LogP contribution in [0.15, 0.2) is 4.40 Å². The average molecular weight is 215 g/mol. The van der Waals surface area contributed by atoms with Crippen LogP contribution in [0, 0.1) is 0 Å². The molecule has 1 rings (SSSR count). The molecule has 0 aliphatic carbocycles. The fourth-order valence-corrected chi connectivity index (χ4v) is 2.69. The van der Waals surface area contributed by atoms with Crippen molar-refractivity contribution in [2.24, 2.45) is 4.40 Å². The summed E-state index contributed by atoms with van der Waals surface area (Å²) in [5.74, 6) is 0.769. The molecular formula is C11H21NOS. The van der Waals surface area contributed by atoms with Gasteiger partial charge in [0.1, 0.15) is 5.75 Å². The Balaban J connectivity index is 1.91. The largest absolute Gasteiger partial charge is 0.591 e. The van der Waals surface area contributed by atoms with E-state index in [2.05, 4.69) is 11.3 Å². The summed E-state index contributed by atoms with van der Waals surface area (Å²) in [6.45, 7) is 2.24. The van der Waals surface area contributed by atoms with Gasteiger partial charge in [0, 0.05) is 6.42 Å². The van der Waals surface area contributed by atoms with Gasteiger partial charge in [0.25, 0.3) is 0 Å². The van der Waals surface area contributed by atoms with Gasteiger partial charge in [0.15, 0.2) is 0 Å². The highest BCUT2D eigenvalue weighted by atomic mass is 32.2. The van der Waals surface area contributed by atoms with Crippen molar-refractivity contribution in [3.05, 3.63) is 0 Å². The molecule has 1 atom stereocenters. The molecule has 0 spiro atoms. The highest BCUT2D eigenvalue weighted by Crippen LogP contribution is 2.14. The summed E-state index contributed by atoms with van der Waals surface area (Å²) < 4.78 is 15.1. The van der Waals surface area contributed by atoms with E-state index in [9.17, 15) is 4.55 Å². The van der Waals surface area contributed by atoms with Gasteiger partial charge in [0.2, 0.25) is 0 Å². The van der Waals surface area contributed by atoms with E-state index >= 15 is 0 Å². The number of hydrogen-bond acceptors (Lipinski definition) is 2. The minimum Gasteiger partial charge on any atom is -0.591 e. The quantitative estimate of drug-likeness (QED) is 0.474. The molecule has 0 bridgehead atoms. The summed E-state index contributed by atoms with van der Waals surface area (Å²) in [4.78, 5) is 0. The van der Waals surface area contributed by atoms with Gasteiger partial charge in [-0.25, -0.2) is 0 Å². The predicted octanol–water partition coefficient (Wildman–Crippen LogP) is 3.25. The Morgan fingerprint density at radius 2 is 1.93 bits per heavy atom. The van der Waals surface area contributed by atoms with Crippen molar-refractivity contribution < 1.29 is 4.55 Å². The van der Waals surface area contributed by atoms with E-state index in [4.69, 9.17) is 0 Å². The Labute approximate surface area is 90.5 Å². The molecule has 0 N–H and O–H groups in total. The Hall–Kier alpha value is -0.0200. The molecule has 1 heterocycles. The smallest absolute Gasteiger partial charge is 0.139 e. The van der Waals surface area contributed by atoms with E-state index in [1.807, 2.05) is 0 Å². The van der Waals surface area contributed by atoms with Gasteiger partial charge < -0.3 is 4.55 Å². The van der Waals surface area contributed by atoms with Crippen molar-refractivity contribution in [3.8, 4) is 0 Å². The van der Waals surface area contributed by atoms with Gasteiger partial charge in [-0.2, -0.15) is 0 Å². The van der Waals surface area contributed by atoms with Gasteiger partial charge in [-0.3, -0.25) is 0 Å². The van der Waals surface area contributed by atoms with E-state index in [0.717, 1.165) is 18.6 Å². The fourth-order valence-electron chi connectivity index (χ4n) is 1.72. The third-order valence-electron chi connectivity index (χ3n) is 2.62. The highest BCUT2D eigenvalue weighted by molar-refractivity contribution is 7.90. The summed E-state index contributed by atoms with van der Waals surface area (Å²) >= 11 is -0.875. The summed E-state index contributed by atoms with van der Waals surface area (Å²) in [7, 11) is 0. The first kappa shape index (κ1) is 12.1. The molecule has 0 radical (unpaired) electrons. The van der Waals surface area contributed by atoms with Gasteiger partial charge in [-0.05, 0) is 12.8 Å². The second-order valence-corrected chi connectivity index (χ2v) is 5.18. The Morgan fingerprint density at radius 3 is 2.57 bits per heavy atom. The second kappa shape index (κ2) is 7.30. The van der Waals surface area contributed by atoms with Crippen LogP contribution in [0.2, 0.25) is 0 Å². The van der Waals surface area contributed by atoms with Crippen molar-refractivity contribution in [2.75, 3.05) is 5.75 Å². The monoisotopic (exact) mass is 215 g/mol. The van der Waals surface area contributed by atoms with Gasteiger partial charge in [0.05, 0.1) is 17.1 Å². The van der Waals surface area contributed by atoms with Crippen LogP contribution in [0.5, 0.6) is 0 Å². The zero-order valence-electron chi connectivity index (χ0n) is 9.13. The van der Waals surface area contributed by atoms with E-state index < -0.39 is 11.4 Å². The van der Waals surface area contributed by atoms with Crippen molar-refractivity contribution >= 4 is 17.1 Å². The molecule has 1 aliphatic rings. The van der Waals surface area contributed by atoms with Crippen LogP contribution in [0.1, 0.15) is 58.3 Å². The molecular weight excluding hydrogens is 194 g/mol. The first-order valence-electron chi connectivity index (χ1n) is 5.78. The first-order chi connectivity index (χ1) is 6.83. The summed E-state index contributed by atoms with van der Waals surface area (Å²) in [5, 5.41) is 0. The molecule has 0 aromatic carbocycles. The number of unbranched alkanes of at least 4 members (excludes halogenated alkanes) is 5. The first-order valence-corrected chi connectivity index (χ1v) is 7.05. The lowest BCUT2D eigenvalue weighted by Crippen LogP contribution is -1.95. The van der Waals surface area contributed by atoms with Crippen molar-refractivity contribution in [3.63, 3.8) is 0 Å². The summed E-state index contributed by atoms with van der Waals surface area (Å²) in [5.41, 5.74) is 1.19. The minimum absolute atomic E-state index is 0.769. The molecule has 0 saturated carbocycles. The molecule has 82 valence electrons. The van der Waals surface area contributed by atoms with Crippen LogP contribution < -0.4 is 0 Å². The zero-order valence-corrected chi connectivity index (χ0v) is 9.94. The predicted molar refractivity (Wildman–Crippen MR) is 63.1 cm³/mol. The van der Waals surface area contributed by atoms with E-state index in [1.165, 1.54) is 44.2 Å². The second-order valence-electron chi connectivity index (χ2n) is 3.95. The molecule has 1 unspecified atom stereocenters. The Kier molecular flexibility index (Phi) is 6.28. The van der Waals surface area contributed by atoms with E-state index in [-0.39, 0.29) is 0 Å². The average Bonchev–Trinajstić information content (AvgIpc) is 2.58. The summed E-state index contributed by atoms with van der Waals surface area (Å²) in [6, 6.07) is 0. The van der Waals surface area contributed by atoms with Gasteiger partial charge in [-0.15, -0.1) is 0 Å². The normalized spacial score (nSPS) is 21.3. The molecule has 14 heavy (non-hydrogen) atoms. The third-order valence-corrected chi connectivity index (χ3v) is 3.63. The van der Waals surface area contributed by atoms with Crippen LogP contribution >= 0.6 is 0 Å². The minimum atomic E-state index is -0.875. The number of rotatable bonds is 7. The molecule has 2 nitrogen and oxygen atoms in total. The lowest BCUT2D eigenvalue weighted by molar-refractivity contribution is 0.599. The maximum absolute atomic E-state index is 11.0. The van der Waals surface area contributed by atoms with Crippen LogP contribution in [0.3, 0.4) is 0 Å². The molecule has 1 aliphatic heterocycles. The number of nitrogens with zero attached hydrogens (tertiary/aromatic N) is 1. The lowest BCUT2D eigenvalue weighted by Gasteiger charge is -1.99. The van der Waals surface area contributed by atoms with Crippen LogP contribution in [-0.2, 0) is 11.4 Å². The van der Waals surface area contributed by atoms with Crippen molar-refractivity contribution in [2.45, 2.75) is 58.3 Å². The molecule has 0 aromatic rings. The molecule has 0 saturated heterocycles. The van der Waals surface area contributed by atoms with Crippen molar-refractivity contribution in [1.29, 1.82) is 0 Å². The fraction of sp³-hybridized carbons (Fsp3) is 0.909. The molecule has 3 heteroatoms. The Morgan fingerprint density at radius 1 is 1.21 bits per heavy atom. The molecule has 0 fully saturated rings. The van der Waals surface area contributed by atoms with Gasteiger partial charge in [-0.1, -0.05) is 43.4 Å². The topological polar surface area (TPSA) is 35.4 Å². The summed E-state index contributed by atoms with van der Waals surface area (Å²) in [6.07, 6.45) is 10.0. The standard InChI is InChI=1S/C11H21NOS/c1-2-3-4-5-6-7-8-11-9-10-14(13)12-11/h2-10H2,1H3. The van der Waals surface area contributed by atoms with Crippen LogP contribution in [0.4, 0.5) is 0 Å². The zero-order chi connectivity index (χ0) is 10.2. The SMILES string of the molecule is CCCCCCCCC1=N[S+]([O-])CC1. The van der Waals surface area contributed by atoms with Gasteiger partial charge >= 0.3 is 0 Å². The Bertz CT molecular complexity index is 182. The van der Waals surface area contributed by atoms with Crippen LogP contribution in [0.25, 0.3) is 0 Å². The third kappa shape index (κ3) is 5.01. The molecule has 0 amide bonds. The van der Waals surface area contributed by atoms with E-state index in [1.54, 1.807) is 0 Å². The lowest BCUT2D eigenvalue weighted by atomic mass is 10.1. The van der Waals surface area contributed by atoms with Crippen LogP contribution in [-0.4, -0.2) is 16.0 Å². The molecule has 0 aromatic heterocycles. The maximum Gasteiger partial charge on any atom is 0.139 e. The highest BCUT2D eigenvalue weighted by Gasteiger charge is 2.17. The maximum atomic E-state index is 11.0. The number of hydrogen-bond donors (Lipinski definition) is 0.